The number of hydrogen-bond donors (Lipinski definition) is 3. The number of aliphatic hydroxyl groups is 1. The van der Waals surface area contributed by atoms with E-state index in [1.165, 1.54) is 6.07 Å². The minimum Gasteiger partial charge on any atom is -0.396 e. The number of carbonyl (C=O) groups is 1. The van der Waals surface area contributed by atoms with Crippen LogP contribution in [-0.4, -0.2) is 29.1 Å². The number of anilines is 2. The summed E-state index contributed by atoms with van der Waals surface area (Å²) >= 11 is 0. The summed E-state index contributed by atoms with van der Waals surface area (Å²) in [6, 6.07) is 15.7. The third-order valence-electron chi connectivity index (χ3n) is 4.75. The maximum absolute atomic E-state index is 12.9. The SMILES string of the molecule is O=C(NCCCCO)c1cccc(Nc2cc(Cc3cccc(C(F)(F)F)c3)ccn2)c1. The Hall–Kier alpha value is -3.39. The molecule has 0 bridgehead atoms. The van der Waals surface area contributed by atoms with Gasteiger partial charge in [-0.15, -0.1) is 0 Å². The molecule has 8 heteroatoms. The van der Waals surface area contributed by atoms with Crippen LogP contribution in [0, 0.1) is 0 Å². The summed E-state index contributed by atoms with van der Waals surface area (Å²) in [7, 11) is 0. The molecule has 3 N–H and O–H groups in total. The highest BCUT2D eigenvalue weighted by molar-refractivity contribution is 5.95. The molecule has 2 aromatic carbocycles. The average Bonchev–Trinajstić information content (AvgIpc) is 2.77. The van der Waals surface area contributed by atoms with Crippen molar-refractivity contribution in [3.05, 3.63) is 89.1 Å². The summed E-state index contributed by atoms with van der Waals surface area (Å²) in [6.07, 6.45) is -1.13. The number of hydrogen-bond acceptors (Lipinski definition) is 4. The molecule has 0 aliphatic heterocycles. The second-order valence-electron chi connectivity index (χ2n) is 7.32. The van der Waals surface area contributed by atoms with Crippen molar-refractivity contribution in [2.45, 2.75) is 25.4 Å². The maximum atomic E-state index is 12.9. The first-order valence-corrected chi connectivity index (χ1v) is 10.2. The van der Waals surface area contributed by atoms with Crippen LogP contribution in [0.2, 0.25) is 0 Å². The fourth-order valence-electron chi connectivity index (χ4n) is 3.17. The molecule has 0 saturated heterocycles. The normalized spacial score (nSPS) is 11.2. The fourth-order valence-corrected chi connectivity index (χ4v) is 3.17. The number of pyridine rings is 1. The predicted molar refractivity (Wildman–Crippen MR) is 117 cm³/mol. The number of nitrogens with zero attached hydrogens (tertiary/aromatic N) is 1. The molecule has 0 fully saturated rings. The molecule has 1 amide bonds. The number of carbonyl (C=O) groups excluding carboxylic acids is 1. The van der Waals surface area contributed by atoms with Crippen LogP contribution in [0.1, 0.15) is 39.9 Å². The third kappa shape index (κ3) is 6.81. The quantitative estimate of drug-likeness (QED) is 0.410. The number of aromatic nitrogens is 1. The lowest BCUT2D eigenvalue weighted by Crippen LogP contribution is -2.24. The Morgan fingerprint density at radius 1 is 0.969 bits per heavy atom. The summed E-state index contributed by atoms with van der Waals surface area (Å²) in [6.45, 7) is 0.575. The fraction of sp³-hybridized carbons (Fsp3) is 0.250. The lowest BCUT2D eigenvalue weighted by atomic mass is 10.0. The topological polar surface area (TPSA) is 74.2 Å². The monoisotopic (exact) mass is 443 g/mol. The molecule has 32 heavy (non-hydrogen) atoms. The van der Waals surface area contributed by atoms with Crippen LogP contribution in [0.3, 0.4) is 0 Å². The maximum Gasteiger partial charge on any atom is 0.416 e. The first-order chi connectivity index (χ1) is 15.3. The summed E-state index contributed by atoms with van der Waals surface area (Å²) < 4.78 is 38.8. The lowest BCUT2D eigenvalue weighted by molar-refractivity contribution is -0.137. The van der Waals surface area contributed by atoms with E-state index in [9.17, 15) is 18.0 Å². The zero-order valence-electron chi connectivity index (χ0n) is 17.3. The number of benzene rings is 2. The van der Waals surface area contributed by atoms with Crippen molar-refractivity contribution in [1.29, 1.82) is 0 Å². The molecule has 5 nitrogen and oxygen atoms in total. The Morgan fingerprint density at radius 3 is 2.53 bits per heavy atom. The molecule has 0 atom stereocenters. The molecule has 0 radical (unpaired) electrons. The second kappa shape index (κ2) is 10.8. The number of halogens is 3. The first kappa shape index (κ1) is 23.3. The highest BCUT2D eigenvalue weighted by Crippen LogP contribution is 2.30. The number of alkyl halides is 3. The molecule has 0 aliphatic rings. The van der Waals surface area contributed by atoms with Crippen LogP contribution in [-0.2, 0) is 12.6 Å². The largest absolute Gasteiger partial charge is 0.416 e. The van der Waals surface area contributed by atoms with E-state index in [-0.39, 0.29) is 12.5 Å². The predicted octanol–water partition coefficient (Wildman–Crippen LogP) is 4.94. The molecular formula is C24H24F3N3O2. The van der Waals surface area contributed by atoms with Gasteiger partial charge >= 0.3 is 6.18 Å². The van der Waals surface area contributed by atoms with E-state index >= 15 is 0 Å². The number of rotatable bonds is 9. The Morgan fingerprint density at radius 2 is 1.75 bits per heavy atom. The molecule has 1 heterocycles. The minimum absolute atomic E-state index is 0.0924. The van der Waals surface area contributed by atoms with Crippen LogP contribution >= 0.6 is 0 Å². The van der Waals surface area contributed by atoms with E-state index in [1.807, 2.05) is 0 Å². The Labute approximate surface area is 184 Å². The van der Waals surface area contributed by atoms with E-state index in [0.29, 0.717) is 48.4 Å². The van der Waals surface area contributed by atoms with Gasteiger partial charge in [-0.05, 0) is 66.8 Å². The van der Waals surface area contributed by atoms with Gasteiger partial charge in [-0.2, -0.15) is 13.2 Å². The van der Waals surface area contributed by atoms with Crippen molar-refractivity contribution in [1.82, 2.24) is 10.3 Å². The third-order valence-corrected chi connectivity index (χ3v) is 4.75. The summed E-state index contributed by atoms with van der Waals surface area (Å²) in [5.41, 5.74) is 1.83. The summed E-state index contributed by atoms with van der Waals surface area (Å²) in [5.74, 6) is 0.313. The van der Waals surface area contributed by atoms with Gasteiger partial charge in [0.25, 0.3) is 5.91 Å². The van der Waals surface area contributed by atoms with Crippen molar-refractivity contribution < 1.29 is 23.1 Å². The van der Waals surface area contributed by atoms with Crippen LogP contribution in [0.25, 0.3) is 0 Å². The van der Waals surface area contributed by atoms with Gasteiger partial charge in [0.2, 0.25) is 0 Å². The summed E-state index contributed by atoms with van der Waals surface area (Å²) in [4.78, 5) is 16.5. The van der Waals surface area contributed by atoms with Crippen LogP contribution in [0.4, 0.5) is 24.7 Å². The number of amides is 1. The van der Waals surface area contributed by atoms with Gasteiger partial charge in [-0.3, -0.25) is 4.79 Å². The molecule has 3 aromatic rings. The lowest BCUT2D eigenvalue weighted by Gasteiger charge is -2.11. The molecule has 3 rings (SSSR count). The van der Waals surface area contributed by atoms with Crippen molar-refractivity contribution in [3.63, 3.8) is 0 Å². The minimum atomic E-state index is -4.38. The van der Waals surface area contributed by atoms with E-state index in [2.05, 4.69) is 15.6 Å². The highest BCUT2D eigenvalue weighted by atomic mass is 19.4. The van der Waals surface area contributed by atoms with Gasteiger partial charge in [0.15, 0.2) is 0 Å². The van der Waals surface area contributed by atoms with Gasteiger partial charge in [0.1, 0.15) is 5.82 Å². The molecule has 0 spiro atoms. The van der Waals surface area contributed by atoms with Gasteiger partial charge in [0, 0.05) is 30.6 Å². The molecular weight excluding hydrogens is 419 g/mol. The van der Waals surface area contributed by atoms with Crippen LogP contribution in [0.15, 0.2) is 66.9 Å². The molecule has 0 saturated carbocycles. The van der Waals surface area contributed by atoms with Crippen molar-refractivity contribution in [2.75, 3.05) is 18.5 Å². The van der Waals surface area contributed by atoms with Gasteiger partial charge < -0.3 is 15.7 Å². The average molecular weight is 443 g/mol. The van der Waals surface area contributed by atoms with Crippen molar-refractivity contribution in [3.8, 4) is 0 Å². The van der Waals surface area contributed by atoms with E-state index < -0.39 is 11.7 Å². The summed E-state index contributed by atoms with van der Waals surface area (Å²) in [5, 5.41) is 14.7. The highest BCUT2D eigenvalue weighted by Gasteiger charge is 2.30. The van der Waals surface area contributed by atoms with Crippen molar-refractivity contribution in [2.24, 2.45) is 0 Å². The first-order valence-electron chi connectivity index (χ1n) is 10.2. The number of unbranched alkanes of at least 4 members (excludes halogenated alkanes) is 1. The van der Waals surface area contributed by atoms with E-state index in [0.717, 1.165) is 17.7 Å². The molecule has 0 aliphatic carbocycles. The van der Waals surface area contributed by atoms with Crippen LogP contribution < -0.4 is 10.6 Å². The second-order valence-corrected chi connectivity index (χ2v) is 7.32. The number of nitrogens with one attached hydrogen (secondary N) is 2. The zero-order valence-corrected chi connectivity index (χ0v) is 17.3. The van der Waals surface area contributed by atoms with Gasteiger partial charge in [-0.1, -0.05) is 24.3 Å². The Bertz CT molecular complexity index is 1050. The Balaban J connectivity index is 1.67. The molecule has 0 unspecified atom stereocenters. The van der Waals surface area contributed by atoms with E-state index in [4.69, 9.17) is 5.11 Å². The zero-order chi connectivity index (χ0) is 23.0. The van der Waals surface area contributed by atoms with E-state index in [1.54, 1.807) is 48.7 Å². The van der Waals surface area contributed by atoms with Gasteiger partial charge in [0.05, 0.1) is 5.56 Å². The number of aliphatic hydroxyl groups excluding tert-OH is 1. The molecule has 1 aromatic heterocycles. The van der Waals surface area contributed by atoms with Crippen LogP contribution in [0.5, 0.6) is 0 Å². The standard InChI is InChI=1S/C24H24F3N3O2/c25-24(26,27)20-7-3-5-17(14-20)13-18-9-11-28-22(15-18)30-21-8-4-6-19(16-21)23(32)29-10-1-2-12-31/h3-9,11,14-16,31H,1-2,10,12-13H2,(H,28,30)(H,29,32). The van der Waals surface area contributed by atoms with Crippen molar-refractivity contribution >= 4 is 17.4 Å². The molecule has 168 valence electrons. The van der Waals surface area contributed by atoms with Gasteiger partial charge in [-0.25, -0.2) is 4.98 Å². The smallest absolute Gasteiger partial charge is 0.396 e. The Kier molecular flexibility index (Phi) is 7.83.